The number of morpholine rings is 1. The number of hydrogen-bond acceptors (Lipinski definition) is 4. The highest BCUT2D eigenvalue weighted by atomic mass is 16.5. The van der Waals surface area contributed by atoms with Crippen molar-refractivity contribution >= 4 is 0 Å². The Kier molecular flexibility index (Phi) is 6.07. The van der Waals surface area contributed by atoms with E-state index < -0.39 is 0 Å². The Balaban J connectivity index is 1.84. The van der Waals surface area contributed by atoms with Gasteiger partial charge in [-0.05, 0) is 31.5 Å². The highest BCUT2D eigenvalue weighted by Gasteiger charge is 2.24. The number of hydrogen-bond donors (Lipinski definition) is 1. The largest absolute Gasteiger partial charge is 0.374 e. The molecule has 2 rings (SSSR count). The smallest absolute Gasteiger partial charge is 0.0829 e. The molecule has 2 fully saturated rings. The van der Waals surface area contributed by atoms with Crippen LogP contribution in [0.25, 0.3) is 0 Å². The summed E-state index contributed by atoms with van der Waals surface area (Å²) >= 11 is 0. The zero-order valence-electron chi connectivity index (χ0n) is 12.9. The molecule has 0 spiro atoms. The molecule has 3 unspecified atom stereocenters. The molecule has 1 N–H and O–H groups in total. The molecule has 2 saturated heterocycles. The molecular weight excluding hydrogens is 238 g/mol. The molecule has 0 aromatic heterocycles. The standard InChI is InChI=1S/C15H31N3O/c1-4-17-5-6-19-15(11-17)12-18-9-13(2)7-16-8-14(3)10-18/h13-16H,4-12H2,1-3H3. The van der Waals surface area contributed by atoms with Crippen LogP contribution in [0.5, 0.6) is 0 Å². The summed E-state index contributed by atoms with van der Waals surface area (Å²) in [7, 11) is 0. The van der Waals surface area contributed by atoms with Gasteiger partial charge >= 0.3 is 0 Å². The molecule has 112 valence electrons. The first kappa shape index (κ1) is 15.2. The number of rotatable bonds is 3. The summed E-state index contributed by atoms with van der Waals surface area (Å²) in [5.41, 5.74) is 0. The second-order valence-corrected chi connectivity index (χ2v) is 6.47. The topological polar surface area (TPSA) is 27.7 Å². The molecule has 0 saturated carbocycles. The van der Waals surface area contributed by atoms with Crippen LogP contribution < -0.4 is 5.32 Å². The van der Waals surface area contributed by atoms with Crippen molar-refractivity contribution in [2.75, 3.05) is 59.0 Å². The molecule has 0 bridgehead atoms. The highest BCUT2D eigenvalue weighted by Crippen LogP contribution is 2.12. The lowest BCUT2D eigenvalue weighted by Gasteiger charge is -2.37. The Morgan fingerprint density at radius 1 is 1.05 bits per heavy atom. The fourth-order valence-corrected chi connectivity index (χ4v) is 3.28. The normalized spacial score (nSPS) is 35.8. The quantitative estimate of drug-likeness (QED) is 0.823. The SMILES string of the molecule is CCN1CCOC(CN2CC(C)CNCC(C)C2)C1. The van der Waals surface area contributed by atoms with Gasteiger partial charge in [0.1, 0.15) is 0 Å². The number of nitrogens with zero attached hydrogens (tertiary/aromatic N) is 2. The van der Waals surface area contributed by atoms with E-state index in [2.05, 4.69) is 35.9 Å². The molecule has 0 aliphatic carbocycles. The Hall–Kier alpha value is -0.160. The van der Waals surface area contributed by atoms with Crippen molar-refractivity contribution in [1.29, 1.82) is 0 Å². The van der Waals surface area contributed by atoms with Crippen molar-refractivity contribution in [2.24, 2.45) is 11.8 Å². The van der Waals surface area contributed by atoms with Crippen LogP contribution in [-0.2, 0) is 4.74 Å². The molecule has 0 aromatic rings. The third-order valence-corrected chi connectivity index (χ3v) is 4.26. The van der Waals surface area contributed by atoms with Gasteiger partial charge in [-0.15, -0.1) is 0 Å². The van der Waals surface area contributed by atoms with Crippen LogP contribution in [0.15, 0.2) is 0 Å². The van der Waals surface area contributed by atoms with Gasteiger partial charge in [0.25, 0.3) is 0 Å². The predicted molar refractivity (Wildman–Crippen MR) is 79.5 cm³/mol. The molecule has 4 heteroatoms. The van der Waals surface area contributed by atoms with Crippen LogP contribution in [-0.4, -0.2) is 74.9 Å². The Bertz CT molecular complexity index is 250. The minimum Gasteiger partial charge on any atom is -0.374 e. The lowest BCUT2D eigenvalue weighted by molar-refractivity contribution is -0.0452. The van der Waals surface area contributed by atoms with Crippen molar-refractivity contribution in [3.8, 4) is 0 Å². The molecule has 2 aliphatic heterocycles. The summed E-state index contributed by atoms with van der Waals surface area (Å²) in [6.45, 7) is 17.0. The van der Waals surface area contributed by atoms with Crippen molar-refractivity contribution in [2.45, 2.75) is 26.9 Å². The minimum absolute atomic E-state index is 0.403. The maximum atomic E-state index is 5.96. The summed E-state index contributed by atoms with van der Waals surface area (Å²) < 4.78 is 5.96. The van der Waals surface area contributed by atoms with Gasteiger partial charge in [0.05, 0.1) is 12.7 Å². The molecule has 0 amide bonds. The molecule has 0 aromatic carbocycles. The summed E-state index contributed by atoms with van der Waals surface area (Å²) in [6.07, 6.45) is 0.403. The summed E-state index contributed by atoms with van der Waals surface area (Å²) in [4.78, 5) is 5.13. The van der Waals surface area contributed by atoms with Crippen LogP contribution in [0.1, 0.15) is 20.8 Å². The van der Waals surface area contributed by atoms with Crippen LogP contribution in [0, 0.1) is 11.8 Å². The van der Waals surface area contributed by atoms with Gasteiger partial charge in [-0.1, -0.05) is 20.8 Å². The van der Waals surface area contributed by atoms with Crippen molar-refractivity contribution < 1.29 is 4.74 Å². The average molecular weight is 269 g/mol. The van der Waals surface area contributed by atoms with E-state index in [0.717, 1.165) is 57.7 Å². The summed E-state index contributed by atoms with van der Waals surface area (Å²) in [6, 6.07) is 0. The van der Waals surface area contributed by atoms with Crippen molar-refractivity contribution in [1.82, 2.24) is 15.1 Å². The lowest BCUT2D eigenvalue weighted by Crippen LogP contribution is -2.50. The maximum absolute atomic E-state index is 5.96. The highest BCUT2D eigenvalue weighted by molar-refractivity contribution is 4.78. The fourth-order valence-electron chi connectivity index (χ4n) is 3.28. The van der Waals surface area contributed by atoms with Gasteiger partial charge in [-0.3, -0.25) is 4.90 Å². The van der Waals surface area contributed by atoms with Crippen LogP contribution in [0.4, 0.5) is 0 Å². The Labute approximate surface area is 118 Å². The fraction of sp³-hybridized carbons (Fsp3) is 1.00. The van der Waals surface area contributed by atoms with E-state index in [-0.39, 0.29) is 0 Å². The van der Waals surface area contributed by atoms with Gasteiger partial charge in [-0.2, -0.15) is 0 Å². The molecule has 3 atom stereocenters. The van der Waals surface area contributed by atoms with Crippen molar-refractivity contribution in [3.63, 3.8) is 0 Å². The first-order chi connectivity index (χ1) is 9.17. The number of likely N-dealkylation sites (N-methyl/N-ethyl adjacent to an activating group) is 1. The third kappa shape index (κ3) is 5.03. The Morgan fingerprint density at radius 3 is 2.37 bits per heavy atom. The number of ether oxygens (including phenoxy) is 1. The second kappa shape index (κ2) is 7.58. The van der Waals surface area contributed by atoms with Crippen LogP contribution in [0.2, 0.25) is 0 Å². The van der Waals surface area contributed by atoms with Crippen molar-refractivity contribution in [3.05, 3.63) is 0 Å². The first-order valence-electron chi connectivity index (χ1n) is 7.94. The molecule has 4 nitrogen and oxygen atoms in total. The summed E-state index contributed by atoms with van der Waals surface area (Å²) in [5, 5.41) is 3.56. The molecule has 0 radical (unpaired) electrons. The molecule has 2 aliphatic rings. The monoisotopic (exact) mass is 269 g/mol. The lowest BCUT2D eigenvalue weighted by atomic mass is 10.0. The van der Waals surface area contributed by atoms with E-state index in [1.807, 2.05) is 0 Å². The van der Waals surface area contributed by atoms with E-state index in [9.17, 15) is 0 Å². The summed E-state index contributed by atoms with van der Waals surface area (Å²) in [5.74, 6) is 1.47. The van der Waals surface area contributed by atoms with Crippen LogP contribution in [0.3, 0.4) is 0 Å². The van der Waals surface area contributed by atoms with Crippen LogP contribution >= 0.6 is 0 Å². The zero-order chi connectivity index (χ0) is 13.7. The van der Waals surface area contributed by atoms with E-state index in [1.165, 1.54) is 13.1 Å². The van der Waals surface area contributed by atoms with E-state index in [1.54, 1.807) is 0 Å². The molecule has 19 heavy (non-hydrogen) atoms. The predicted octanol–water partition coefficient (Wildman–Crippen LogP) is 0.885. The minimum atomic E-state index is 0.403. The second-order valence-electron chi connectivity index (χ2n) is 6.47. The molecule has 2 heterocycles. The average Bonchev–Trinajstić information content (AvgIpc) is 2.37. The van der Waals surface area contributed by atoms with Gasteiger partial charge in [-0.25, -0.2) is 0 Å². The first-order valence-corrected chi connectivity index (χ1v) is 7.94. The maximum Gasteiger partial charge on any atom is 0.0829 e. The van der Waals surface area contributed by atoms with Gasteiger partial charge < -0.3 is 15.0 Å². The molecular formula is C15H31N3O. The van der Waals surface area contributed by atoms with Gasteiger partial charge in [0, 0.05) is 32.7 Å². The van der Waals surface area contributed by atoms with E-state index in [4.69, 9.17) is 4.74 Å². The van der Waals surface area contributed by atoms with E-state index >= 15 is 0 Å². The third-order valence-electron chi connectivity index (χ3n) is 4.26. The van der Waals surface area contributed by atoms with Gasteiger partial charge in [0.15, 0.2) is 0 Å². The Morgan fingerprint density at radius 2 is 1.74 bits per heavy atom. The zero-order valence-corrected chi connectivity index (χ0v) is 12.9. The van der Waals surface area contributed by atoms with Gasteiger partial charge in [0.2, 0.25) is 0 Å². The number of nitrogens with one attached hydrogen (secondary N) is 1. The van der Waals surface area contributed by atoms with E-state index in [0.29, 0.717) is 6.10 Å².